The molecule has 11 heteroatoms. The maximum Gasteiger partial charge on any atom is 0.335 e. The molecule has 4 heterocycles. The highest BCUT2D eigenvalue weighted by molar-refractivity contribution is 6.30. The highest BCUT2D eigenvalue weighted by atomic mass is 35.5. The van der Waals surface area contributed by atoms with E-state index in [1.54, 1.807) is 36.4 Å². The molecule has 3 aromatic heterocycles. The second kappa shape index (κ2) is 11.8. The van der Waals surface area contributed by atoms with E-state index in [2.05, 4.69) is 31.3 Å². The van der Waals surface area contributed by atoms with E-state index < -0.39 is 11.8 Å². The molecule has 0 aliphatic carbocycles. The maximum absolute atomic E-state index is 14.2. The van der Waals surface area contributed by atoms with E-state index in [9.17, 15) is 14.3 Å². The molecular weight excluding hydrogens is 559 g/mol. The van der Waals surface area contributed by atoms with Gasteiger partial charge in [-0.1, -0.05) is 23.7 Å². The number of benzene rings is 2. The van der Waals surface area contributed by atoms with Gasteiger partial charge >= 0.3 is 5.97 Å². The Balaban J connectivity index is 1.16. The number of anilines is 1. The summed E-state index contributed by atoms with van der Waals surface area (Å²) in [5.74, 6) is 0.736. The normalized spacial score (nSPS) is 15.8. The summed E-state index contributed by atoms with van der Waals surface area (Å²) in [7, 11) is 0. The molecule has 9 nitrogen and oxygen atoms in total. The van der Waals surface area contributed by atoms with Crippen LogP contribution in [0.4, 0.5) is 10.2 Å². The molecule has 1 fully saturated rings. The molecule has 5 aromatic rings. The van der Waals surface area contributed by atoms with Crippen molar-refractivity contribution in [1.82, 2.24) is 24.4 Å². The van der Waals surface area contributed by atoms with Crippen molar-refractivity contribution < 1.29 is 19.0 Å². The van der Waals surface area contributed by atoms with Crippen molar-refractivity contribution in [2.45, 2.75) is 32.7 Å². The maximum atomic E-state index is 14.2. The standard InChI is InChI=1S/C31H30ClFN6O3/c1-20-16-38(28-5-2-6-30(36-28)42-19-22-7-9-23(32)15-25(22)33)13-12-37(20)18-29-35-26-10-8-21(31(40)41)14-27(26)39(29)17-24-4-3-11-34-24/h2-11,14-15,20,34H,12-13,16-19H2,1H3,(H,40,41)/t20-/m0/s1. The molecule has 6 rings (SSSR count). The van der Waals surface area contributed by atoms with Crippen LogP contribution in [0.2, 0.25) is 5.02 Å². The third-order valence-electron chi connectivity index (χ3n) is 7.60. The monoisotopic (exact) mass is 588 g/mol. The van der Waals surface area contributed by atoms with Crippen LogP contribution in [0.1, 0.15) is 34.4 Å². The molecule has 2 N–H and O–H groups in total. The second-order valence-corrected chi connectivity index (χ2v) is 10.9. The van der Waals surface area contributed by atoms with E-state index in [1.807, 2.05) is 30.5 Å². The molecular formula is C31H30ClFN6O3. The first-order valence-corrected chi connectivity index (χ1v) is 14.1. The Hall–Kier alpha value is -4.41. The molecule has 0 radical (unpaired) electrons. The smallest absolute Gasteiger partial charge is 0.335 e. The third kappa shape index (κ3) is 5.95. The fraction of sp³-hybridized carbons (Fsp3) is 0.258. The minimum Gasteiger partial charge on any atom is -0.478 e. The lowest BCUT2D eigenvalue weighted by Crippen LogP contribution is -2.52. The van der Waals surface area contributed by atoms with Crippen molar-refractivity contribution in [1.29, 1.82) is 0 Å². The van der Waals surface area contributed by atoms with Crippen LogP contribution in [0.3, 0.4) is 0 Å². The molecule has 216 valence electrons. The van der Waals surface area contributed by atoms with Gasteiger partial charge in [-0.3, -0.25) is 4.90 Å². The Morgan fingerprint density at radius 2 is 1.98 bits per heavy atom. The van der Waals surface area contributed by atoms with Gasteiger partial charge in [-0.05, 0) is 55.5 Å². The average Bonchev–Trinajstić information content (AvgIpc) is 3.61. The number of fused-ring (bicyclic) bond motifs is 1. The predicted molar refractivity (Wildman–Crippen MR) is 159 cm³/mol. The number of hydrogen-bond donors (Lipinski definition) is 2. The van der Waals surface area contributed by atoms with E-state index >= 15 is 0 Å². The zero-order valence-corrected chi connectivity index (χ0v) is 23.8. The van der Waals surface area contributed by atoms with Crippen LogP contribution in [0, 0.1) is 5.82 Å². The van der Waals surface area contributed by atoms with Gasteiger partial charge < -0.3 is 24.3 Å². The fourth-order valence-corrected chi connectivity index (χ4v) is 5.47. The first-order chi connectivity index (χ1) is 20.3. The van der Waals surface area contributed by atoms with Gasteiger partial charge in [0.25, 0.3) is 0 Å². The summed E-state index contributed by atoms with van der Waals surface area (Å²) in [6, 6.07) is 19.3. The number of imidazole rings is 1. The number of carboxylic acids is 1. The van der Waals surface area contributed by atoms with E-state index in [0.29, 0.717) is 29.6 Å². The third-order valence-corrected chi connectivity index (χ3v) is 7.83. The van der Waals surface area contributed by atoms with Crippen molar-refractivity contribution in [3.8, 4) is 5.88 Å². The number of carboxylic acid groups (broad SMARTS) is 1. The molecule has 1 aliphatic rings. The van der Waals surface area contributed by atoms with Gasteiger partial charge in [-0.2, -0.15) is 4.98 Å². The quantitative estimate of drug-likeness (QED) is 0.232. The van der Waals surface area contributed by atoms with Gasteiger partial charge in [0.05, 0.1) is 29.7 Å². The van der Waals surface area contributed by atoms with Crippen LogP contribution < -0.4 is 9.64 Å². The van der Waals surface area contributed by atoms with Gasteiger partial charge in [0, 0.05) is 54.2 Å². The number of aromatic amines is 1. The van der Waals surface area contributed by atoms with Crippen molar-refractivity contribution in [2.24, 2.45) is 0 Å². The summed E-state index contributed by atoms with van der Waals surface area (Å²) in [6.07, 6.45) is 1.88. The highest BCUT2D eigenvalue weighted by Crippen LogP contribution is 2.25. The lowest BCUT2D eigenvalue weighted by atomic mass is 10.2. The number of nitrogens with one attached hydrogen (secondary N) is 1. The Morgan fingerprint density at radius 3 is 2.74 bits per heavy atom. The second-order valence-electron chi connectivity index (χ2n) is 10.4. The Bertz CT molecular complexity index is 1720. The summed E-state index contributed by atoms with van der Waals surface area (Å²) in [5.41, 5.74) is 3.23. The number of aromatic carboxylic acids is 1. The number of ether oxygens (including phenoxy) is 1. The van der Waals surface area contributed by atoms with Gasteiger partial charge in [-0.25, -0.2) is 14.2 Å². The van der Waals surface area contributed by atoms with E-state index in [-0.39, 0.29) is 18.2 Å². The van der Waals surface area contributed by atoms with Gasteiger partial charge in [-0.15, -0.1) is 0 Å². The molecule has 1 atom stereocenters. The number of pyridine rings is 1. The van der Waals surface area contributed by atoms with Crippen LogP contribution in [0.5, 0.6) is 5.88 Å². The summed E-state index contributed by atoms with van der Waals surface area (Å²) in [6.45, 7) is 5.71. The van der Waals surface area contributed by atoms with E-state index in [4.69, 9.17) is 21.3 Å². The van der Waals surface area contributed by atoms with Crippen molar-refractivity contribution in [2.75, 3.05) is 24.5 Å². The Morgan fingerprint density at radius 1 is 1.10 bits per heavy atom. The van der Waals surface area contributed by atoms with Crippen LogP contribution in [-0.4, -0.2) is 61.2 Å². The number of H-pyrrole nitrogens is 1. The SMILES string of the molecule is C[C@H]1CN(c2cccc(OCc3ccc(Cl)cc3F)n2)CCN1Cc1nc2ccc(C(=O)O)cc2n1Cc1ccc[nH]1. The van der Waals surface area contributed by atoms with Crippen molar-refractivity contribution in [3.63, 3.8) is 0 Å². The van der Waals surface area contributed by atoms with Crippen LogP contribution in [0.25, 0.3) is 11.0 Å². The number of piperazine rings is 1. The first kappa shape index (κ1) is 27.7. The number of nitrogens with zero attached hydrogens (tertiary/aromatic N) is 5. The average molecular weight is 589 g/mol. The van der Waals surface area contributed by atoms with E-state index in [1.165, 1.54) is 6.07 Å². The minimum atomic E-state index is -0.962. The van der Waals surface area contributed by atoms with Gasteiger partial charge in [0.2, 0.25) is 5.88 Å². The zero-order valence-electron chi connectivity index (χ0n) is 23.0. The molecule has 42 heavy (non-hydrogen) atoms. The number of halogens is 2. The molecule has 0 spiro atoms. The molecule has 1 aliphatic heterocycles. The number of aromatic nitrogens is 4. The summed E-state index contributed by atoms with van der Waals surface area (Å²) in [5, 5.41) is 9.89. The van der Waals surface area contributed by atoms with Crippen LogP contribution in [0.15, 0.2) is 72.9 Å². The lowest BCUT2D eigenvalue weighted by Gasteiger charge is -2.40. The summed E-state index contributed by atoms with van der Waals surface area (Å²) in [4.78, 5) is 29.1. The first-order valence-electron chi connectivity index (χ1n) is 13.7. The van der Waals surface area contributed by atoms with Crippen LogP contribution in [-0.2, 0) is 19.7 Å². The Labute approximate surface area is 247 Å². The fourth-order valence-electron chi connectivity index (χ4n) is 5.31. The largest absolute Gasteiger partial charge is 0.478 e. The van der Waals surface area contributed by atoms with Gasteiger partial charge in [0.15, 0.2) is 0 Å². The van der Waals surface area contributed by atoms with Crippen molar-refractivity contribution in [3.05, 3.63) is 106 Å². The molecule has 0 bridgehead atoms. The predicted octanol–water partition coefficient (Wildman–Crippen LogP) is 5.59. The zero-order chi connectivity index (χ0) is 29.2. The number of carbonyl (C=O) groups is 1. The van der Waals surface area contributed by atoms with Gasteiger partial charge in [0.1, 0.15) is 24.1 Å². The number of rotatable bonds is 9. The minimum absolute atomic E-state index is 0.0566. The Kier molecular flexibility index (Phi) is 7.82. The topological polar surface area (TPSA) is 99.5 Å². The molecule has 2 aromatic carbocycles. The highest BCUT2D eigenvalue weighted by Gasteiger charge is 2.27. The number of hydrogen-bond acceptors (Lipinski definition) is 6. The molecule has 0 amide bonds. The lowest BCUT2D eigenvalue weighted by molar-refractivity contribution is 0.0697. The molecule has 0 saturated carbocycles. The summed E-state index contributed by atoms with van der Waals surface area (Å²) >= 11 is 5.85. The molecule has 1 saturated heterocycles. The molecule has 0 unspecified atom stereocenters. The summed E-state index contributed by atoms with van der Waals surface area (Å²) < 4.78 is 22.1. The van der Waals surface area contributed by atoms with Crippen molar-refractivity contribution >= 4 is 34.4 Å². The van der Waals surface area contributed by atoms with E-state index in [0.717, 1.165) is 48.0 Å². The van der Waals surface area contributed by atoms with Crippen LogP contribution >= 0.6 is 11.6 Å².